The summed E-state index contributed by atoms with van der Waals surface area (Å²) in [5.41, 5.74) is 2.42. The number of benzene rings is 2. The Morgan fingerprint density at radius 1 is 0.955 bits per heavy atom. The second-order valence-electron chi connectivity index (χ2n) is 5.35. The van der Waals surface area contributed by atoms with Gasteiger partial charge in [-0.2, -0.15) is 0 Å². The van der Waals surface area contributed by atoms with Crippen molar-refractivity contribution in [1.82, 2.24) is 4.98 Å². The number of ketones is 1. The predicted molar refractivity (Wildman–Crippen MR) is 90.1 cm³/mol. The van der Waals surface area contributed by atoms with Gasteiger partial charge >= 0.3 is 0 Å². The van der Waals surface area contributed by atoms with E-state index in [-0.39, 0.29) is 5.78 Å². The van der Waals surface area contributed by atoms with Crippen molar-refractivity contribution >= 4 is 27.4 Å². The van der Waals surface area contributed by atoms with Gasteiger partial charge in [-0.3, -0.25) is 4.79 Å². The van der Waals surface area contributed by atoms with Crippen molar-refractivity contribution < 1.29 is 4.79 Å². The van der Waals surface area contributed by atoms with Crippen LogP contribution in [0.2, 0.25) is 0 Å². The molecule has 0 bridgehead atoms. The number of fused-ring (bicyclic) bond motifs is 1. The molecule has 4 heteroatoms. The molecule has 1 aliphatic rings. The van der Waals surface area contributed by atoms with Gasteiger partial charge in [-0.05, 0) is 39.7 Å². The highest BCUT2D eigenvalue weighted by atomic mass is 79.9. The van der Waals surface area contributed by atoms with Gasteiger partial charge in [-0.15, -0.1) is 0 Å². The molecular weight excluding hydrogens is 340 g/mol. The van der Waals surface area contributed by atoms with E-state index in [9.17, 15) is 4.79 Å². The van der Waals surface area contributed by atoms with Gasteiger partial charge in [-0.25, -0.2) is 0 Å². The van der Waals surface area contributed by atoms with E-state index in [1.165, 1.54) is 0 Å². The van der Waals surface area contributed by atoms with Crippen LogP contribution in [0, 0.1) is 0 Å². The van der Waals surface area contributed by atoms with Gasteiger partial charge in [0.15, 0.2) is 5.54 Å². The largest absolute Gasteiger partial charge is 0.363 e. The van der Waals surface area contributed by atoms with Crippen LogP contribution in [0.3, 0.4) is 0 Å². The highest BCUT2D eigenvalue weighted by molar-refractivity contribution is 9.10. The van der Waals surface area contributed by atoms with Crippen molar-refractivity contribution in [2.45, 2.75) is 5.54 Å². The number of nitrogens with one attached hydrogen (secondary N) is 2. The second-order valence-corrected chi connectivity index (χ2v) is 6.26. The number of hydrogen-bond donors (Lipinski definition) is 2. The molecule has 0 radical (unpaired) electrons. The zero-order valence-electron chi connectivity index (χ0n) is 11.6. The number of aromatic nitrogens is 1. The number of rotatable bonds is 2. The van der Waals surface area contributed by atoms with E-state index >= 15 is 0 Å². The molecule has 108 valence electrons. The van der Waals surface area contributed by atoms with E-state index in [2.05, 4.69) is 26.2 Å². The maximum Gasteiger partial charge on any atom is 0.200 e. The fourth-order valence-electron chi connectivity index (χ4n) is 3.07. The molecule has 2 aromatic carbocycles. The lowest BCUT2D eigenvalue weighted by Gasteiger charge is -2.28. The molecule has 2 N–H and O–H groups in total. The van der Waals surface area contributed by atoms with Crippen molar-refractivity contribution in [3.05, 3.63) is 88.2 Å². The van der Waals surface area contributed by atoms with E-state index in [1.54, 1.807) is 0 Å². The van der Waals surface area contributed by atoms with E-state index in [0.717, 1.165) is 27.0 Å². The molecule has 22 heavy (non-hydrogen) atoms. The molecule has 0 saturated carbocycles. The zero-order chi connectivity index (χ0) is 15.2. The first kappa shape index (κ1) is 13.3. The van der Waals surface area contributed by atoms with Gasteiger partial charge in [0.2, 0.25) is 5.78 Å². The molecule has 0 unspecified atom stereocenters. The fraction of sp³-hybridized carbons (Fsp3) is 0.0556. The number of anilines is 1. The summed E-state index contributed by atoms with van der Waals surface area (Å²) < 4.78 is 0.920. The van der Waals surface area contributed by atoms with Crippen molar-refractivity contribution in [3.63, 3.8) is 0 Å². The third kappa shape index (κ3) is 1.77. The fourth-order valence-corrected chi connectivity index (χ4v) is 3.42. The average Bonchev–Trinajstić information content (AvgIpc) is 3.11. The molecule has 2 heterocycles. The zero-order valence-corrected chi connectivity index (χ0v) is 13.2. The van der Waals surface area contributed by atoms with E-state index < -0.39 is 5.54 Å². The molecule has 0 saturated heterocycles. The minimum atomic E-state index is -0.906. The second kappa shape index (κ2) is 4.85. The molecule has 0 fully saturated rings. The van der Waals surface area contributed by atoms with Crippen LogP contribution in [0.15, 0.2) is 71.3 Å². The predicted octanol–water partition coefficient (Wildman–Crippen LogP) is 4.33. The molecule has 4 rings (SSSR count). The first-order chi connectivity index (χ1) is 10.7. The first-order valence-electron chi connectivity index (χ1n) is 7.04. The Morgan fingerprint density at radius 3 is 2.36 bits per heavy atom. The number of H-pyrrole nitrogens is 1. The number of Topliss-reactive ketones (excluding diaryl/α,β-unsaturated/α-hetero) is 1. The minimum absolute atomic E-state index is 0.0589. The topological polar surface area (TPSA) is 44.9 Å². The molecule has 1 aromatic heterocycles. The molecule has 3 aromatic rings. The van der Waals surface area contributed by atoms with Crippen molar-refractivity contribution in [1.29, 1.82) is 0 Å². The highest BCUT2D eigenvalue weighted by Crippen LogP contribution is 2.43. The number of carbonyl (C=O) groups excluding carboxylic acids is 1. The van der Waals surface area contributed by atoms with E-state index in [4.69, 9.17) is 0 Å². The number of halogens is 1. The number of carbonyl (C=O) groups is 1. The van der Waals surface area contributed by atoms with Gasteiger partial charge in [0.05, 0.1) is 5.69 Å². The molecule has 1 aliphatic heterocycles. The van der Waals surface area contributed by atoms with Gasteiger partial charge in [0, 0.05) is 21.9 Å². The summed E-state index contributed by atoms with van der Waals surface area (Å²) in [7, 11) is 0. The number of para-hydroxylation sites is 1. The standard InChI is InChI=1S/C18H13BrN2O/c19-13-10-16(20-11-13)18(12-6-2-1-3-7-12)17(22)14-8-4-5-9-15(14)21-18/h1-11,20-21H/t18-/m1/s1. The van der Waals surface area contributed by atoms with Crippen LogP contribution in [-0.4, -0.2) is 10.8 Å². The quantitative estimate of drug-likeness (QED) is 0.720. The summed E-state index contributed by atoms with van der Waals surface area (Å²) in [5.74, 6) is 0.0589. The summed E-state index contributed by atoms with van der Waals surface area (Å²) in [6.07, 6.45) is 1.85. The molecule has 0 spiro atoms. The third-order valence-electron chi connectivity index (χ3n) is 4.09. The van der Waals surface area contributed by atoms with E-state index in [0.29, 0.717) is 0 Å². The monoisotopic (exact) mass is 352 g/mol. The van der Waals surface area contributed by atoms with Crippen LogP contribution in [0.25, 0.3) is 0 Å². The normalized spacial score (nSPS) is 19.8. The van der Waals surface area contributed by atoms with Crippen LogP contribution >= 0.6 is 15.9 Å². The first-order valence-corrected chi connectivity index (χ1v) is 7.83. The lowest BCUT2D eigenvalue weighted by Crippen LogP contribution is -2.40. The van der Waals surface area contributed by atoms with Crippen LogP contribution in [0.5, 0.6) is 0 Å². The Hall–Kier alpha value is -2.33. The minimum Gasteiger partial charge on any atom is -0.363 e. The average molecular weight is 353 g/mol. The van der Waals surface area contributed by atoms with Crippen LogP contribution in [-0.2, 0) is 5.54 Å². The number of hydrogen-bond acceptors (Lipinski definition) is 2. The molecule has 0 amide bonds. The Balaban J connectivity index is 1.98. The van der Waals surface area contributed by atoms with Gasteiger partial charge < -0.3 is 10.3 Å². The molecule has 0 aliphatic carbocycles. The summed E-state index contributed by atoms with van der Waals surface area (Å²) in [6.45, 7) is 0. The lowest BCUT2D eigenvalue weighted by atomic mass is 9.83. The number of aromatic amines is 1. The van der Waals surface area contributed by atoms with Gasteiger partial charge in [-0.1, -0.05) is 42.5 Å². The summed E-state index contributed by atoms with van der Waals surface area (Å²) in [5, 5.41) is 3.44. The molecule has 1 atom stereocenters. The van der Waals surface area contributed by atoms with Crippen molar-refractivity contribution in [2.75, 3.05) is 5.32 Å². The SMILES string of the molecule is O=C1c2ccccc2N[C@]1(c1ccccc1)c1cc(Br)c[nH]1. The molecule has 3 nitrogen and oxygen atoms in total. The van der Waals surface area contributed by atoms with E-state index in [1.807, 2.05) is 66.9 Å². The van der Waals surface area contributed by atoms with Crippen LogP contribution < -0.4 is 5.32 Å². The maximum absolute atomic E-state index is 13.2. The van der Waals surface area contributed by atoms with Crippen molar-refractivity contribution in [3.8, 4) is 0 Å². The lowest BCUT2D eigenvalue weighted by molar-refractivity contribution is 0.0939. The summed E-state index contributed by atoms with van der Waals surface area (Å²) >= 11 is 3.46. The highest BCUT2D eigenvalue weighted by Gasteiger charge is 2.49. The van der Waals surface area contributed by atoms with Crippen LogP contribution in [0.1, 0.15) is 21.6 Å². The smallest absolute Gasteiger partial charge is 0.200 e. The Bertz CT molecular complexity index is 856. The third-order valence-corrected chi connectivity index (χ3v) is 4.55. The van der Waals surface area contributed by atoms with Gasteiger partial charge in [0.25, 0.3) is 0 Å². The Morgan fingerprint density at radius 2 is 1.68 bits per heavy atom. The van der Waals surface area contributed by atoms with Crippen LogP contribution in [0.4, 0.5) is 5.69 Å². The summed E-state index contributed by atoms with van der Waals surface area (Å²) in [6, 6.07) is 19.4. The Labute approximate surface area is 136 Å². The molecular formula is C18H13BrN2O. The Kier molecular flexibility index (Phi) is 2.94. The van der Waals surface area contributed by atoms with Crippen molar-refractivity contribution in [2.24, 2.45) is 0 Å². The maximum atomic E-state index is 13.2. The summed E-state index contributed by atoms with van der Waals surface area (Å²) in [4.78, 5) is 16.5. The van der Waals surface area contributed by atoms with Gasteiger partial charge in [0.1, 0.15) is 0 Å².